The number of rotatable bonds is 5. The number of alkyl halides is 3. The van der Waals surface area contributed by atoms with Gasteiger partial charge in [0.2, 0.25) is 0 Å². The van der Waals surface area contributed by atoms with Crippen molar-refractivity contribution in [3.05, 3.63) is 0 Å². The number of aliphatic hydroxyl groups excluding tert-OH is 1. The van der Waals surface area contributed by atoms with Crippen molar-refractivity contribution in [1.29, 1.82) is 0 Å². The smallest absolute Gasteiger partial charge is 0.393 e. The lowest BCUT2D eigenvalue weighted by atomic mass is 9.83. The molecule has 17 heavy (non-hydrogen) atoms. The summed E-state index contributed by atoms with van der Waals surface area (Å²) in [5.41, 5.74) is 0. The molecule has 1 rings (SSSR count). The van der Waals surface area contributed by atoms with Crippen molar-refractivity contribution in [2.24, 2.45) is 5.92 Å². The third-order valence-electron chi connectivity index (χ3n) is 3.48. The summed E-state index contributed by atoms with van der Waals surface area (Å²) in [4.78, 5) is 0. The molecular weight excluding hydrogens is 231 g/mol. The Morgan fingerprint density at radius 1 is 1.29 bits per heavy atom. The minimum absolute atomic E-state index is 0.0371. The Morgan fingerprint density at radius 3 is 2.53 bits per heavy atom. The molecule has 102 valence electrons. The summed E-state index contributed by atoms with van der Waals surface area (Å²) < 4.78 is 38.4. The molecule has 1 fully saturated rings. The molecule has 2 N–H and O–H groups in total. The first-order valence-corrected chi connectivity index (χ1v) is 6.38. The van der Waals surface area contributed by atoms with Crippen LogP contribution >= 0.6 is 0 Å². The largest absolute Gasteiger partial charge is 0.396 e. The van der Waals surface area contributed by atoms with Gasteiger partial charge in [0.05, 0.1) is 5.92 Å². The summed E-state index contributed by atoms with van der Waals surface area (Å²) in [6, 6.07) is -0.410. The van der Waals surface area contributed by atoms with Gasteiger partial charge < -0.3 is 10.4 Å². The van der Waals surface area contributed by atoms with Crippen LogP contribution in [-0.4, -0.2) is 30.0 Å². The van der Waals surface area contributed by atoms with Crippen LogP contribution in [-0.2, 0) is 0 Å². The second kappa shape index (κ2) is 6.59. The Kier molecular flexibility index (Phi) is 5.73. The number of hydrogen-bond donors (Lipinski definition) is 2. The maximum absolute atomic E-state index is 12.8. The van der Waals surface area contributed by atoms with Crippen LogP contribution < -0.4 is 5.32 Å². The van der Waals surface area contributed by atoms with Crippen molar-refractivity contribution in [3.8, 4) is 0 Å². The highest BCUT2D eigenvalue weighted by Crippen LogP contribution is 2.37. The standard InChI is InChI=1S/C12H22F3NO/c1-9(5-4-8-17)16-11-7-3-2-6-10(11)12(13,14)15/h9-11,16-17H,2-8H2,1H3. The molecule has 0 aromatic carbocycles. The molecule has 0 radical (unpaired) electrons. The molecule has 0 aliphatic heterocycles. The maximum atomic E-state index is 12.8. The SMILES string of the molecule is CC(CCCO)NC1CCCCC1C(F)(F)F. The second-order valence-electron chi connectivity index (χ2n) is 4.97. The molecule has 3 atom stereocenters. The molecule has 0 amide bonds. The lowest BCUT2D eigenvalue weighted by molar-refractivity contribution is -0.189. The Labute approximate surface area is 101 Å². The van der Waals surface area contributed by atoms with E-state index in [2.05, 4.69) is 5.32 Å². The van der Waals surface area contributed by atoms with Crippen molar-refractivity contribution >= 4 is 0 Å². The van der Waals surface area contributed by atoms with E-state index < -0.39 is 18.1 Å². The van der Waals surface area contributed by atoms with Gasteiger partial charge in [0, 0.05) is 18.7 Å². The van der Waals surface area contributed by atoms with E-state index in [9.17, 15) is 13.2 Å². The van der Waals surface area contributed by atoms with Gasteiger partial charge in [-0.3, -0.25) is 0 Å². The van der Waals surface area contributed by atoms with E-state index in [1.54, 1.807) is 0 Å². The molecule has 1 aliphatic rings. The van der Waals surface area contributed by atoms with E-state index in [1.807, 2.05) is 6.92 Å². The van der Waals surface area contributed by atoms with E-state index in [-0.39, 0.29) is 19.1 Å². The molecule has 1 saturated carbocycles. The zero-order valence-corrected chi connectivity index (χ0v) is 10.3. The summed E-state index contributed by atoms with van der Waals surface area (Å²) in [5, 5.41) is 11.8. The molecule has 0 aromatic rings. The van der Waals surface area contributed by atoms with Gasteiger partial charge in [-0.1, -0.05) is 12.8 Å². The van der Waals surface area contributed by atoms with Gasteiger partial charge >= 0.3 is 6.18 Å². The van der Waals surface area contributed by atoms with Gasteiger partial charge in [0.15, 0.2) is 0 Å². The Bertz CT molecular complexity index is 220. The van der Waals surface area contributed by atoms with Gasteiger partial charge in [0.1, 0.15) is 0 Å². The normalized spacial score (nSPS) is 28.1. The van der Waals surface area contributed by atoms with Gasteiger partial charge in [0.25, 0.3) is 0 Å². The predicted octanol–water partition coefficient (Wildman–Crippen LogP) is 2.86. The Hall–Kier alpha value is -0.290. The highest BCUT2D eigenvalue weighted by molar-refractivity contribution is 4.86. The fraction of sp³-hybridized carbons (Fsp3) is 1.00. The molecule has 3 unspecified atom stereocenters. The molecule has 1 aliphatic carbocycles. The topological polar surface area (TPSA) is 32.3 Å². The molecule has 0 aromatic heterocycles. The number of aliphatic hydroxyl groups is 1. The van der Waals surface area contributed by atoms with Crippen molar-refractivity contribution in [2.45, 2.75) is 63.7 Å². The summed E-state index contributed by atoms with van der Waals surface area (Å²) in [6.45, 7) is 1.98. The third kappa shape index (κ3) is 4.84. The Morgan fingerprint density at radius 2 is 1.94 bits per heavy atom. The van der Waals surface area contributed by atoms with Crippen LogP contribution in [0.5, 0.6) is 0 Å². The summed E-state index contributed by atoms with van der Waals surface area (Å²) in [6.07, 6.45) is -0.337. The zero-order valence-electron chi connectivity index (χ0n) is 10.3. The van der Waals surface area contributed by atoms with Crippen molar-refractivity contribution in [3.63, 3.8) is 0 Å². The minimum atomic E-state index is -4.09. The summed E-state index contributed by atoms with van der Waals surface area (Å²) in [5.74, 6) is -1.20. The van der Waals surface area contributed by atoms with Crippen LogP contribution in [0, 0.1) is 5.92 Å². The quantitative estimate of drug-likeness (QED) is 0.789. The number of halogens is 3. The predicted molar refractivity (Wildman–Crippen MR) is 60.7 cm³/mol. The van der Waals surface area contributed by atoms with Crippen LogP contribution in [0.1, 0.15) is 45.4 Å². The molecule has 2 nitrogen and oxygen atoms in total. The van der Waals surface area contributed by atoms with Crippen LogP contribution in [0.4, 0.5) is 13.2 Å². The fourth-order valence-corrected chi connectivity index (χ4v) is 2.57. The molecule has 5 heteroatoms. The van der Waals surface area contributed by atoms with E-state index in [4.69, 9.17) is 5.11 Å². The lowest BCUT2D eigenvalue weighted by Crippen LogP contribution is -2.48. The van der Waals surface area contributed by atoms with E-state index in [0.29, 0.717) is 19.3 Å². The average Bonchev–Trinajstić information content (AvgIpc) is 2.25. The van der Waals surface area contributed by atoms with Gasteiger partial charge in [-0.05, 0) is 32.6 Å². The highest BCUT2D eigenvalue weighted by atomic mass is 19.4. The van der Waals surface area contributed by atoms with E-state index >= 15 is 0 Å². The van der Waals surface area contributed by atoms with Crippen LogP contribution in [0.2, 0.25) is 0 Å². The van der Waals surface area contributed by atoms with Gasteiger partial charge in [-0.25, -0.2) is 0 Å². The van der Waals surface area contributed by atoms with Gasteiger partial charge in [-0.15, -0.1) is 0 Å². The first kappa shape index (κ1) is 14.8. The van der Waals surface area contributed by atoms with E-state index in [1.165, 1.54) is 0 Å². The molecular formula is C12H22F3NO. The van der Waals surface area contributed by atoms with Crippen molar-refractivity contribution in [1.82, 2.24) is 5.32 Å². The minimum Gasteiger partial charge on any atom is -0.396 e. The van der Waals surface area contributed by atoms with Crippen molar-refractivity contribution < 1.29 is 18.3 Å². The fourth-order valence-electron chi connectivity index (χ4n) is 2.57. The Balaban J connectivity index is 2.48. The molecule has 0 saturated heterocycles. The summed E-state index contributed by atoms with van der Waals surface area (Å²) in [7, 11) is 0. The molecule has 0 bridgehead atoms. The molecule has 0 spiro atoms. The lowest BCUT2D eigenvalue weighted by Gasteiger charge is -2.35. The highest BCUT2D eigenvalue weighted by Gasteiger charge is 2.45. The first-order valence-electron chi connectivity index (χ1n) is 6.38. The van der Waals surface area contributed by atoms with Gasteiger partial charge in [-0.2, -0.15) is 13.2 Å². The van der Waals surface area contributed by atoms with Crippen LogP contribution in [0.15, 0.2) is 0 Å². The van der Waals surface area contributed by atoms with Crippen LogP contribution in [0.25, 0.3) is 0 Å². The zero-order chi connectivity index (χ0) is 12.9. The monoisotopic (exact) mass is 253 g/mol. The van der Waals surface area contributed by atoms with Crippen molar-refractivity contribution in [2.75, 3.05) is 6.61 Å². The maximum Gasteiger partial charge on any atom is 0.393 e. The van der Waals surface area contributed by atoms with Crippen LogP contribution in [0.3, 0.4) is 0 Å². The number of nitrogens with one attached hydrogen (secondary N) is 1. The summed E-state index contributed by atoms with van der Waals surface area (Å²) >= 11 is 0. The number of hydrogen-bond acceptors (Lipinski definition) is 2. The average molecular weight is 253 g/mol. The van der Waals surface area contributed by atoms with E-state index in [0.717, 1.165) is 12.8 Å². The first-order chi connectivity index (χ1) is 7.95. The molecule has 0 heterocycles. The third-order valence-corrected chi connectivity index (χ3v) is 3.48. The second-order valence-corrected chi connectivity index (χ2v) is 4.97.